The molecule has 46 heavy (non-hydrogen) atoms. The Labute approximate surface area is 272 Å². The minimum absolute atomic E-state index is 0.0548. The van der Waals surface area contributed by atoms with Gasteiger partial charge in [-0.25, -0.2) is 0 Å². The van der Waals surface area contributed by atoms with Gasteiger partial charge in [-0.3, -0.25) is 9.59 Å². The molecule has 2 aromatic carbocycles. The molecule has 2 heterocycles. The number of nitrogens with zero attached hydrogens (tertiary/aromatic N) is 2. The molecule has 2 bridgehead atoms. The van der Waals surface area contributed by atoms with Crippen LogP contribution in [0.2, 0.25) is 0 Å². The number of carbonyl (C=O) groups excluding carboxylic acids is 2. The second-order valence-electron chi connectivity index (χ2n) is 14.5. The number of benzene rings is 2. The number of rotatable bonds is 13. The maximum Gasteiger partial charge on any atom is 0.235 e. The molecule has 10 nitrogen and oxygen atoms in total. The van der Waals surface area contributed by atoms with Crippen LogP contribution in [-0.2, 0) is 37.7 Å². The molecule has 0 aliphatic carbocycles. The summed E-state index contributed by atoms with van der Waals surface area (Å²) in [5.41, 5.74) is 0.388. The first-order valence-corrected chi connectivity index (χ1v) is 16.1. The lowest BCUT2D eigenvalue weighted by molar-refractivity contribution is -0.348. The van der Waals surface area contributed by atoms with E-state index in [1.165, 1.54) is 13.8 Å². The van der Waals surface area contributed by atoms with Crippen molar-refractivity contribution >= 4 is 11.7 Å². The van der Waals surface area contributed by atoms with Crippen LogP contribution >= 0.6 is 0 Å². The summed E-state index contributed by atoms with van der Waals surface area (Å²) in [6, 6.07) is 13.7. The van der Waals surface area contributed by atoms with E-state index < -0.39 is 40.7 Å². The van der Waals surface area contributed by atoms with E-state index in [4.69, 9.17) is 9.47 Å². The summed E-state index contributed by atoms with van der Waals surface area (Å²) < 4.78 is 12.2. The Hall–Kier alpha value is -2.70. The number of ether oxygens (including phenoxy) is 2. The average molecular weight is 641 g/mol. The van der Waals surface area contributed by atoms with Crippen LogP contribution in [0.1, 0.15) is 68.4 Å². The number of amides is 1. The summed E-state index contributed by atoms with van der Waals surface area (Å²) in [6.45, 7) is 9.48. The Morgan fingerprint density at radius 1 is 0.935 bits per heavy atom. The van der Waals surface area contributed by atoms with Crippen molar-refractivity contribution in [2.75, 3.05) is 40.8 Å². The minimum Gasteiger partial charge on any atom is -0.387 e. The van der Waals surface area contributed by atoms with E-state index in [9.17, 15) is 30.0 Å². The van der Waals surface area contributed by atoms with E-state index in [0.29, 0.717) is 37.8 Å². The normalized spacial score (nSPS) is 26.4. The van der Waals surface area contributed by atoms with Crippen LogP contribution in [0.5, 0.6) is 0 Å². The molecular weight excluding hydrogens is 588 g/mol. The Bertz CT molecular complexity index is 1400. The molecule has 2 aliphatic heterocycles. The molecule has 0 aromatic heterocycles. The summed E-state index contributed by atoms with van der Waals surface area (Å²) in [7, 11) is 5.64. The summed E-state index contributed by atoms with van der Waals surface area (Å²) in [5, 5.41) is 43.5. The van der Waals surface area contributed by atoms with E-state index in [1.54, 1.807) is 31.9 Å². The second-order valence-corrected chi connectivity index (χ2v) is 14.5. The van der Waals surface area contributed by atoms with Gasteiger partial charge in [0.05, 0.1) is 12.2 Å². The monoisotopic (exact) mass is 640 g/mol. The molecule has 2 saturated heterocycles. The highest BCUT2D eigenvalue weighted by molar-refractivity contribution is 6.05. The van der Waals surface area contributed by atoms with Gasteiger partial charge in [-0.05, 0) is 96.3 Å². The number of aliphatic hydroxyl groups is 4. The van der Waals surface area contributed by atoms with Gasteiger partial charge in [-0.1, -0.05) is 36.4 Å². The fourth-order valence-corrected chi connectivity index (χ4v) is 6.42. The first-order chi connectivity index (χ1) is 21.4. The van der Waals surface area contributed by atoms with Gasteiger partial charge < -0.3 is 39.7 Å². The Kier molecular flexibility index (Phi) is 10.6. The van der Waals surface area contributed by atoms with Crippen molar-refractivity contribution in [2.24, 2.45) is 5.41 Å². The lowest BCUT2D eigenvalue weighted by Crippen LogP contribution is -2.70. The minimum atomic E-state index is -1.75. The van der Waals surface area contributed by atoms with Gasteiger partial charge in [0.25, 0.3) is 0 Å². The second kappa shape index (κ2) is 13.4. The zero-order valence-electron chi connectivity index (χ0n) is 28.5. The van der Waals surface area contributed by atoms with Gasteiger partial charge in [0.2, 0.25) is 11.7 Å². The van der Waals surface area contributed by atoms with Gasteiger partial charge in [-0.2, -0.15) is 0 Å². The summed E-state index contributed by atoms with van der Waals surface area (Å²) in [5.74, 6) is -1.96. The number of fused-ring (bicyclic) bond motifs is 2. The lowest BCUT2D eigenvalue weighted by Gasteiger charge is -2.50. The van der Waals surface area contributed by atoms with Crippen molar-refractivity contribution in [3.8, 4) is 0 Å². The molecule has 2 aliphatic rings. The van der Waals surface area contributed by atoms with Gasteiger partial charge in [-0.15, -0.1) is 0 Å². The quantitative estimate of drug-likeness (QED) is 0.243. The maximum absolute atomic E-state index is 13.0. The van der Waals surface area contributed by atoms with Gasteiger partial charge in [0.15, 0.2) is 5.60 Å². The molecule has 4 rings (SSSR count). The molecular formula is C36H52N2O8. The number of aliphatic hydroxyl groups excluding tert-OH is 3. The smallest absolute Gasteiger partial charge is 0.235 e. The standard InChI is InChI=1S/C36H52N2O8/c1-23-12-17-27(36-31(42)29(40)30(41)35(46-36,22-45-36)34(4,5)44)21-26(23)20-25-15-13-24(14-16-25)10-9-11-28(39)33(2,3)32(43)38(8)19-18-37(6)7/h12-17,21,29-31,40-42,44H,9-11,18-20,22H2,1-8H3/t29-,30-,31+,35-,36-/m0/s1. The van der Waals surface area contributed by atoms with E-state index in [0.717, 1.165) is 28.8 Å². The Morgan fingerprint density at radius 2 is 1.57 bits per heavy atom. The van der Waals surface area contributed by atoms with Crippen molar-refractivity contribution < 1.29 is 39.5 Å². The zero-order valence-corrected chi connectivity index (χ0v) is 28.5. The number of hydrogen-bond donors (Lipinski definition) is 4. The number of ketones is 1. The first kappa shape index (κ1) is 36.1. The van der Waals surface area contributed by atoms with E-state index in [2.05, 4.69) is 0 Å². The van der Waals surface area contributed by atoms with Gasteiger partial charge in [0, 0.05) is 32.1 Å². The van der Waals surface area contributed by atoms with E-state index in [-0.39, 0.29) is 18.3 Å². The number of likely N-dealkylation sites (N-methyl/N-ethyl adjacent to an activating group) is 2. The van der Waals surface area contributed by atoms with Crippen LogP contribution in [0, 0.1) is 12.3 Å². The Balaban J connectivity index is 1.40. The predicted octanol–water partition coefficient (Wildman–Crippen LogP) is 2.33. The zero-order chi connectivity index (χ0) is 34.2. The molecule has 5 atom stereocenters. The molecule has 4 N–H and O–H groups in total. The van der Waals surface area contributed by atoms with Crippen LogP contribution in [0.25, 0.3) is 0 Å². The summed E-state index contributed by atoms with van der Waals surface area (Å²) in [4.78, 5) is 29.6. The van der Waals surface area contributed by atoms with Crippen molar-refractivity contribution in [2.45, 2.75) is 95.6 Å². The molecule has 0 unspecified atom stereocenters. The number of carbonyl (C=O) groups is 2. The highest BCUT2D eigenvalue weighted by Crippen LogP contribution is 2.53. The van der Waals surface area contributed by atoms with E-state index in [1.807, 2.05) is 62.3 Å². The molecule has 2 aromatic rings. The van der Waals surface area contributed by atoms with Crippen molar-refractivity contribution in [3.63, 3.8) is 0 Å². The van der Waals surface area contributed by atoms with Gasteiger partial charge >= 0.3 is 0 Å². The van der Waals surface area contributed by atoms with Crippen LogP contribution < -0.4 is 0 Å². The lowest BCUT2D eigenvalue weighted by atomic mass is 9.75. The molecule has 254 valence electrons. The molecule has 0 spiro atoms. The van der Waals surface area contributed by atoms with Crippen LogP contribution in [0.3, 0.4) is 0 Å². The highest BCUT2D eigenvalue weighted by Gasteiger charge is 2.71. The third kappa shape index (κ3) is 6.80. The van der Waals surface area contributed by atoms with Crippen molar-refractivity contribution in [1.82, 2.24) is 9.80 Å². The molecule has 0 saturated carbocycles. The first-order valence-electron chi connectivity index (χ1n) is 16.1. The molecule has 2 fully saturated rings. The van der Waals surface area contributed by atoms with Crippen LogP contribution in [0.15, 0.2) is 42.5 Å². The average Bonchev–Trinajstić information content (AvgIpc) is 3.40. The largest absolute Gasteiger partial charge is 0.387 e. The van der Waals surface area contributed by atoms with Crippen LogP contribution in [-0.4, -0.2) is 112 Å². The maximum atomic E-state index is 13.0. The number of aryl methyl sites for hydroxylation is 2. The summed E-state index contributed by atoms with van der Waals surface area (Å²) >= 11 is 0. The van der Waals surface area contributed by atoms with Crippen LogP contribution in [0.4, 0.5) is 0 Å². The number of hydrogen-bond acceptors (Lipinski definition) is 9. The van der Waals surface area contributed by atoms with Crippen molar-refractivity contribution in [1.29, 1.82) is 0 Å². The fraction of sp³-hybridized carbons (Fsp3) is 0.611. The predicted molar refractivity (Wildman–Crippen MR) is 174 cm³/mol. The third-order valence-corrected chi connectivity index (χ3v) is 9.88. The van der Waals surface area contributed by atoms with Crippen molar-refractivity contribution in [3.05, 3.63) is 70.3 Å². The third-order valence-electron chi connectivity index (χ3n) is 9.88. The number of Topliss-reactive ketones (excluding diaryl/α,β-unsaturated/α-hetero) is 1. The SMILES string of the molecule is Cc1ccc([C@]23OC[C@](C(C)(C)O)(O2)[C@@H](O)[C@H](O)[C@H]3O)cc1Cc1ccc(CCCC(=O)C(C)(C)C(=O)N(C)CCN(C)C)cc1. The fourth-order valence-electron chi connectivity index (χ4n) is 6.42. The topological polar surface area (TPSA) is 140 Å². The highest BCUT2D eigenvalue weighted by atomic mass is 16.8. The molecule has 0 radical (unpaired) electrons. The summed E-state index contributed by atoms with van der Waals surface area (Å²) in [6.07, 6.45) is -2.43. The molecule has 10 heteroatoms. The molecule has 1 amide bonds. The van der Waals surface area contributed by atoms with E-state index >= 15 is 0 Å². The van der Waals surface area contributed by atoms with Gasteiger partial charge in [0.1, 0.15) is 29.5 Å². The Morgan fingerprint density at radius 3 is 2.17 bits per heavy atom.